The van der Waals surface area contributed by atoms with Gasteiger partial charge in [-0.1, -0.05) is 18.2 Å². The maximum atomic E-state index is 13.1. The molecule has 0 unspecified atom stereocenters. The Morgan fingerprint density at radius 1 is 1.29 bits per heavy atom. The van der Waals surface area contributed by atoms with Crippen LogP contribution in [0.25, 0.3) is 11.0 Å². The summed E-state index contributed by atoms with van der Waals surface area (Å²) in [6.45, 7) is 0.249. The molecule has 0 aliphatic heterocycles. The first-order valence-electron chi connectivity index (χ1n) is 6.25. The Morgan fingerprint density at radius 3 is 2.90 bits per heavy atom. The van der Waals surface area contributed by atoms with Crippen molar-refractivity contribution in [1.82, 2.24) is 9.97 Å². The lowest BCUT2D eigenvalue weighted by Gasteiger charge is -2.03. The molecule has 0 radical (unpaired) electrons. The molecule has 0 bridgehead atoms. The summed E-state index contributed by atoms with van der Waals surface area (Å²) in [7, 11) is 0. The molecule has 0 saturated heterocycles. The smallest absolute Gasteiger partial charge is 0.274 e. The van der Waals surface area contributed by atoms with E-state index in [2.05, 4.69) is 15.3 Å². The lowest BCUT2D eigenvalue weighted by Crippen LogP contribution is -2.03. The standard InChI is InChI=1S/C14H11FN4O2/c15-10-5-6-11-12(7-10)18-14(17-11)16-8-9-3-1-2-4-13(9)19(20)21/h1-7H,8H2,(H2,16,17,18). The number of aromatic nitrogens is 2. The zero-order valence-corrected chi connectivity index (χ0v) is 10.8. The number of fused-ring (bicyclic) bond motifs is 1. The van der Waals surface area contributed by atoms with E-state index < -0.39 is 4.92 Å². The zero-order valence-electron chi connectivity index (χ0n) is 10.8. The molecular formula is C14H11FN4O2. The van der Waals surface area contributed by atoms with E-state index in [9.17, 15) is 14.5 Å². The quantitative estimate of drug-likeness (QED) is 0.569. The van der Waals surface area contributed by atoms with Crippen molar-refractivity contribution in [1.29, 1.82) is 0 Å². The minimum absolute atomic E-state index is 0.0483. The Morgan fingerprint density at radius 2 is 2.10 bits per heavy atom. The van der Waals surface area contributed by atoms with E-state index in [4.69, 9.17) is 0 Å². The molecule has 0 aliphatic rings. The average molecular weight is 286 g/mol. The highest BCUT2D eigenvalue weighted by molar-refractivity contribution is 5.77. The summed E-state index contributed by atoms with van der Waals surface area (Å²) in [6.07, 6.45) is 0. The third-order valence-corrected chi connectivity index (χ3v) is 3.08. The number of H-pyrrole nitrogens is 1. The van der Waals surface area contributed by atoms with Crippen LogP contribution >= 0.6 is 0 Å². The summed E-state index contributed by atoms with van der Waals surface area (Å²) in [6, 6.07) is 10.7. The van der Waals surface area contributed by atoms with Gasteiger partial charge in [0.1, 0.15) is 5.82 Å². The van der Waals surface area contributed by atoms with Crippen molar-refractivity contribution in [2.75, 3.05) is 5.32 Å². The highest BCUT2D eigenvalue weighted by Crippen LogP contribution is 2.20. The number of para-hydroxylation sites is 1. The Kier molecular flexibility index (Phi) is 3.23. The number of benzene rings is 2. The van der Waals surface area contributed by atoms with Crippen molar-refractivity contribution in [2.45, 2.75) is 6.54 Å². The van der Waals surface area contributed by atoms with Crippen molar-refractivity contribution < 1.29 is 9.31 Å². The molecule has 2 N–H and O–H groups in total. The van der Waals surface area contributed by atoms with Crippen molar-refractivity contribution >= 4 is 22.7 Å². The highest BCUT2D eigenvalue weighted by atomic mass is 19.1. The molecule has 0 saturated carbocycles. The van der Waals surface area contributed by atoms with Gasteiger partial charge in [0.15, 0.2) is 0 Å². The fourth-order valence-electron chi connectivity index (χ4n) is 2.08. The molecule has 0 aliphatic carbocycles. The predicted octanol–water partition coefficient (Wildman–Crippen LogP) is 3.22. The summed E-state index contributed by atoms with van der Waals surface area (Å²) in [5.74, 6) is 0.0881. The second-order valence-corrected chi connectivity index (χ2v) is 4.49. The molecule has 0 fully saturated rings. The second-order valence-electron chi connectivity index (χ2n) is 4.49. The van der Waals surface area contributed by atoms with Crippen LogP contribution < -0.4 is 5.32 Å². The van der Waals surface area contributed by atoms with Crippen LogP contribution in [0.1, 0.15) is 5.56 Å². The number of nitrogens with one attached hydrogen (secondary N) is 2. The van der Waals surface area contributed by atoms with Gasteiger partial charge in [0, 0.05) is 18.2 Å². The largest absolute Gasteiger partial charge is 0.351 e. The number of anilines is 1. The van der Waals surface area contributed by atoms with Gasteiger partial charge >= 0.3 is 0 Å². The molecule has 0 amide bonds. The van der Waals surface area contributed by atoms with Crippen molar-refractivity contribution in [3.63, 3.8) is 0 Å². The maximum absolute atomic E-state index is 13.1. The van der Waals surface area contributed by atoms with Crippen molar-refractivity contribution in [2.24, 2.45) is 0 Å². The number of aromatic amines is 1. The normalized spacial score (nSPS) is 10.7. The molecule has 2 aromatic carbocycles. The summed E-state index contributed by atoms with van der Waals surface area (Å²) in [5.41, 5.74) is 1.79. The third-order valence-electron chi connectivity index (χ3n) is 3.08. The SMILES string of the molecule is O=[N+]([O-])c1ccccc1CNc1nc2ccc(F)cc2[nH]1. The minimum Gasteiger partial charge on any atom is -0.351 e. The molecule has 7 heteroatoms. The van der Waals surface area contributed by atoms with Gasteiger partial charge in [0.2, 0.25) is 5.95 Å². The molecule has 1 heterocycles. The van der Waals surface area contributed by atoms with Crippen LogP contribution in [0.4, 0.5) is 16.0 Å². The summed E-state index contributed by atoms with van der Waals surface area (Å²) in [5, 5.41) is 13.9. The number of rotatable bonds is 4. The fraction of sp³-hybridized carbons (Fsp3) is 0.0714. The molecule has 1 aromatic heterocycles. The number of hydrogen-bond donors (Lipinski definition) is 2. The van der Waals surface area contributed by atoms with Crippen LogP contribution in [0.5, 0.6) is 0 Å². The van der Waals surface area contributed by atoms with Crippen LogP contribution in [-0.4, -0.2) is 14.9 Å². The number of imidazole rings is 1. The zero-order chi connectivity index (χ0) is 14.8. The van der Waals surface area contributed by atoms with Gasteiger partial charge in [-0.2, -0.15) is 0 Å². The van der Waals surface area contributed by atoms with Crippen LogP contribution in [0.15, 0.2) is 42.5 Å². The van der Waals surface area contributed by atoms with Gasteiger partial charge in [0.25, 0.3) is 5.69 Å². The Hall–Kier alpha value is -2.96. The van der Waals surface area contributed by atoms with E-state index in [-0.39, 0.29) is 18.0 Å². The molecule has 3 aromatic rings. The molecule has 0 spiro atoms. The first kappa shape index (κ1) is 13.0. The van der Waals surface area contributed by atoms with Gasteiger partial charge in [-0.05, 0) is 18.2 Å². The van der Waals surface area contributed by atoms with Crippen LogP contribution in [0.2, 0.25) is 0 Å². The first-order chi connectivity index (χ1) is 10.1. The molecule has 106 valence electrons. The topological polar surface area (TPSA) is 83.8 Å². The minimum atomic E-state index is -0.426. The Labute approximate surface area is 118 Å². The first-order valence-corrected chi connectivity index (χ1v) is 6.25. The molecule has 0 atom stereocenters. The second kappa shape index (κ2) is 5.20. The number of halogens is 1. The third kappa shape index (κ3) is 2.66. The molecule has 6 nitrogen and oxygen atoms in total. The van der Waals surface area contributed by atoms with Gasteiger partial charge in [0.05, 0.1) is 16.0 Å². The number of nitro benzene ring substituents is 1. The van der Waals surface area contributed by atoms with E-state index in [1.807, 2.05) is 0 Å². The van der Waals surface area contributed by atoms with Gasteiger partial charge in [-0.15, -0.1) is 0 Å². The maximum Gasteiger partial charge on any atom is 0.274 e. The number of nitro groups is 1. The van der Waals surface area contributed by atoms with Crippen molar-refractivity contribution in [3.05, 3.63) is 64.0 Å². The molecule has 21 heavy (non-hydrogen) atoms. The number of hydrogen-bond acceptors (Lipinski definition) is 4. The number of nitrogens with zero attached hydrogens (tertiary/aromatic N) is 2. The summed E-state index contributed by atoms with van der Waals surface area (Å²) < 4.78 is 13.1. The van der Waals surface area contributed by atoms with Gasteiger partial charge < -0.3 is 10.3 Å². The van der Waals surface area contributed by atoms with E-state index in [0.717, 1.165) is 0 Å². The molecule has 3 rings (SSSR count). The van der Waals surface area contributed by atoms with Crippen LogP contribution in [-0.2, 0) is 6.54 Å². The average Bonchev–Trinajstić information content (AvgIpc) is 2.87. The van der Waals surface area contributed by atoms with Gasteiger partial charge in [-0.25, -0.2) is 9.37 Å². The van der Waals surface area contributed by atoms with Crippen molar-refractivity contribution in [3.8, 4) is 0 Å². The fourth-order valence-corrected chi connectivity index (χ4v) is 2.08. The lowest BCUT2D eigenvalue weighted by molar-refractivity contribution is -0.385. The lowest BCUT2D eigenvalue weighted by atomic mass is 10.2. The molecular weight excluding hydrogens is 275 g/mol. The van der Waals surface area contributed by atoms with Crippen LogP contribution in [0, 0.1) is 15.9 Å². The summed E-state index contributed by atoms with van der Waals surface area (Å²) >= 11 is 0. The van der Waals surface area contributed by atoms with Gasteiger partial charge in [-0.3, -0.25) is 10.1 Å². The monoisotopic (exact) mass is 286 g/mol. The van der Waals surface area contributed by atoms with E-state index in [1.165, 1.54) is 18.2 Å². The van der Waals surface area contributed by atoms with E-state index in [0.29, 0.717) is 22.5 Å². The van der Waals surface area contributed by atoms with Crippen LogP contribution in [0.3, 0.4) is 0 Å². The van der Waals surface area contributed by atoms with E-state index >= 15 is 0 Å². The predicted molar refractivity (Wildman–Crippen MR) is 76.5 cm³/mol. The Bertz CT molecular complexity index is 816. The highest BCUT2D eigenvalue weighted by Gasteiger charge is 2.12. The Balaban J connectivity index is 1.82. The van der Waals surface area contributed by atoms with E-state index in [1.54, 1.807) is 24.3 Å². The summed E-state index contributed by atoms with van der Waals surface area (Å²) in [4.78, 5) is 17.7.